The minimum atomic E-state index is -0.934. The molecule has 5 rings (SSSR count). The predicted molar refractivity (Wildman–Crippen MR) is 99.1 cm³/mol. The molecule has 2 aliphatic rings. The zero-order valence-electron chi connectivity index (χ0n) is 14.6. The summed E-state index contributed by atoms with van der Waals surface area (Å²) < 4.78 is 15.7. The third-order valence-corrected chi connectivity index (χ3v) is 5.15. The first-order valence-corrected chi connectivity index (χ1v) is 9.09. The van der Waals surface area contributed by atoms with E-state index in [-0.39, 0.29) is 23.5 Å². The molecule has 3 N–H and O–H groups in total. The van der Waals surface area contributed by atoms with E-state index in [2.05, 4.69) is 26.8 Å². The maximum atomic E-state index is 13.7. The van der Waals surface area contributed by atoms with Gasteiger partial charge in [0, 0.05) is 11.6 Å². The summed E-state index contributed by atoms with van der Waals surface area (Å²) in [6.45, 7) is 0. The monoisotopic (exact) mass is 363 g/mol. The van der Waals surface area contributed by atoms with Crippen LogP contribution in [0, 0.1) is 17.7 Å². The second kappa shape index (κ2) is 5.76. The fraction of sp³-hybridized carbons (Fsp3) is 0.350. The molecule has 6 nitrogen and oxygen atoms in total. The molecule has 0 amide bonds. The van der Waals surface area contributed by atoms with Crippen molar-refractivity contribution in [3.8, 4) is 23.2 Å². The number of anilines is 1. The van der Waals surface area contributed by atoms with E-state index >= 15 is 0 Å². The summed E-state index contributed by atoms with van der Waals surface area (Å²) in [6, 6.07) is 6.60. The van der Waals surface area contributed by atoms with Gasteiger partial charge in [0.2, 0.25) is 5.82 Å². The Kier molecular flexibility index (Phi) is 3.46. The largest absolute Gasteiger partial charge is 0.382 e. The molecule has 0 atom stereocenters. The highest BCUT2D eigenvalue weighted by Gasteiger charge is 2.33. The molecule has 2 heterocycles. The molecule has 2 aliphatic carbocycles. The Morgan fingerprint density at radius 1 is 1.22 bits per heavy atom. The lowest BCUT2D eigenvalue weighted by atomic mass is 9.81. The van der Waals surface area contributed by atoms with Gasteiger partial charge in [0.1, 0.15) is 17.2 Å². The van der Waals surface area contributed by atoms with E-state index < -0.39 is 5.60 Å². The molecule has 3 aromatic rings. The van der Waals surface area contributed by atoms with Gasteiger partial charge in [0.15, 0.2) is 17.0 Å². The summed E-state index contributed by atoms with van der Waals surface area (Å²) in [5.41, 5.74) is 6.97. The molecular weight excluding hydrogens is 345 g/mol. The molecule has 0 saturated heterocycles. The molecule has 0 spiro atoms. The van der Waals surface area contributed by atoms with Crippen LogP contribution in [-0.4, -0.2) is 30.2 Å². The smallest absolute Gasteiger partial charge is 0.209 e. The van der Waals surface area contributed by atoms with Crippen LogP contribution in [0.25, 0.3) is 22.6 Å². The Morgan fingerprint density at radius 3 is 2.70 bits per heavy atom. The number of halogens is 1. The third-order valence-electron chi connectivity index (χ3n) is 5.15. The summed E-state index contributed by atoms with van der Waals surface area (Å²) in [4.78, 5) is 13.4. The van der Waals surface area contributed by atoms with E-state index in [1.165, 1.54) is 12.1 Å². The number of fused-ring (bicyclic) bond motifs is 1. The van der Waals surface area contributed by atoms with Crippen molar-refractivity contribution in [2.45, 2.75) is 43.7 Å². The molecule has 0 radical (unpaired) electrons. The number of aromatic nitrogens is 4. The molecule has 2 saturated carbocycles. The second-order valence-corrected chi connectivity index (χ2v) is 7.29. The highest BCUT2D eigenvalue weighted by molar-refractivity contribution is 5.86. The topological polar surface area (TPSA) is 89.8 Å². The highest BCUT2D eigenvalue weighted by Crippen LogP contribution is 2.41. The number of imidazole rings is 1. The van der Waals surface area contributed by atoms with Crippen molar-refractivity contribution in [2.75, 3.05) is 5.73 Å². The predicted octanol–water partition coefficient (Wildman–Crippen LogP) is 2.82. The van der Waals surface area contributed by atoms with Crippen LogP contribution in [0.15, 0.2) is 24.3 Å². The second-order valence-electron chi connectivity index (χ2n) is 7.29. The average Bonchev–Trinajstić information content (AvgIpc) is 3.38. The number of nitrogen functional groups attached to an aromatic ring is 1. The number of nitrogens with two attached hydrogens (primary N) is 1. The lowest BCUT2D eigenvalue weighted by Crippen LogP contribution is -2.34. The van der Waals surface area contributed by atoms with E-state index in [0.717, 1.165) is 19.3 Å². The van der Waals surface area contributed by atoms with Gasteiger partial charge >= 0.3 is 0 Å². The first kappa shape index (κ1) is 16.2. The number of hydrogen-bond donors (Lipinski definition) is 2. The molecule has 7 heteroatoms. The Morgan fingerprint density at radius 2 is 2.04 bits per heavy atom. The van der Waals surface area contributed by atoms with Crippen molar-refractivity contribution in [2.24, 2.45) is 0 Å². The van der Waals surface area contributed by atoms with Crippen molar-refractivity contribution >= 4 is 17.0 Å². The molecule has 2 fully saturated rings. The van der Waals surface area contributed by atoms with Crippen molar-refractivity contribution in [1.82, 2.24) is 19.5 Å². The highest BCUT2D eigenvalue weighted by atomic mass is 19.1. The Balaban J connectivity index is 1.67. The number of benzene rings is 1. The molecular formula is C20H18FN5O. The Hall–Kier alpha value is -2.98. The minimum Gasteiger partial charge on any atom is -0.382 e. The molecule has 1 aromatic carbocycles. The van der Waals surface area contributed by atoms with Gasteiger partial charge in [-0.25, -0.2) is 19.3 Å². The van der Waals surface area contributed by atoms with Gasteiger partial charge in [-0.05, 0) is 50.2 Å². The van der Waals surface area contributed by atoms with Gasteiger partial charge in [0.05, 0.1) is 0 Å². The van der Waals surface area contributed by atoms with Gasteiger partial charge in [-0.1, -0.05) is 18.1 Å². The van der Waals surface area contributed by atoms with Gasteiger partial charge in [-0.2, -0.15) is 0 Å². The molecule has 0 aliphatic heterocycles. The van der Waals surface area contributed by atoms with E-state index in [9.17, 15) is 9.50 Å². The van der Waals surface area contributed by atoms with Crippen LogP contribution in [0.4, 0.5) is 10.2 Å². The van der Waals surface area contributed by atoms with Crippen molar-refractivity contribution < 1.29 is 9.50 Å². The van der Waals surface area contributed by atoms with Crippen LogP contribution < -0.4 is 5.73 Å². The van der Waals surface area contributed by atoms with Gasteiger partial charge < -0.3 is 15.4 Å². The van der Waals surface area contributed by atoms with Crippen LogP contribution in [-0.2, 0) is 0 Å². The number of nitrogens with zero attached hydrogens (tertiary/aromatic N) is 4. The molecule has 27 heavy (non-hydrogen) atoms. The van der Waals surface area contributed by atoms with Crippen LogP contribution in [0.3, 0.4) is 0 Å². The fourth-order valence-electron chi connectivity index (χ4n) is 3.37. The van der Waals surface area contributed by atoms with Gasteiger partial charge in [0.25, 0.3) is 0 Å². The number of rotatable bonds is 2. The summed E-state index contributed by atoms with van der Waals surface area (Å²) >= 11 is 0. The van der Waals surface area contributed by atoms with Crippen LogP contribution in [0.5, 0.6) is 0 Å². The summed E-state index contributed by atoms with van der Waals surface area (Å²) in [5, 5.41) is 10.2. The summed E-state index contributed by atoms with van der Waals surface area (Å²) in [7, 11) is 0. The third kappa shape index (κ3) is 2.82. The van der Waals surface area contributed by atoms with E-state index in [4.69, 9.17) is 5.73 Å². The van der Waals surface area contributed by atoms with Crippen LogP contribution in [0.2, 0.25) is 0 Å². The Labute approximate surface area is 155 Å². The lowest BCUT2D eigenvalue weighted by molar-refractivity contribution is 0.0239. The maximum absolute atomic E-state index is 13.7. The van der Waals surface area contributed by atoms with Crippen molar-refractivity contribution in [1.29, 1.82) is 0 Å². The van der Waals surface area contributed by atoms with Crippen molar-refractivity contribution in [3.05, 3.63) is 35.9 Å². The zero-order chi connectivity index (χ0) is 18.6. The molecule has 0 unspecified atom stereocenters. The quantitative estimate of drug-likeness (QED) is 0.684. The van der Waals surface area contributed by atoms with Gasteiger partial charge in [-0.15, -0.1) is 0 Å². The zero-order valence-corrected chi connectivity index (χ0v) is 14.6. The normalized spacial score (nSPS) is 18.0. The lowest BCUT2D eigenvalue weighted by Gasteiger charge is -2.30. The van der Waals surface area contributed by atoms with Crippen LogP contribution >= 0.6 is 0 Å². The minimum absolute atomic E-state index is 0.238. The fourth-order valence-corrected chi connectivity index (χ4v) is 3.37. The van der Waals surface area contributed by atoms with E-state index in [1.807, 2.05) is 10.6 Å². The molecule has 0 bridgehead atoms. The Bertz CT molecular complexity index is 1120. The number of hydrogen-bond acceptors (Lipinski definition) is 5. The maximum Gasteiger partial charge on any atom is 0.209 e. The average molecular weight is 363 g/mol. The van der Waals surface area contributed by atoms with E-state index in [1.54, 1.807) is 6.07 Å². The first-order valence-electron chi connectivity index (χ1n) is 9.09. The van der Waals surface area contributed by atoms with Crippen molar-refractivity contribution in [3.63, 3.8) is 0 Å². The first-order chi connectivity index (χ1) is 13.0. The molecule has 2 aromatic heterocycles. The SMILES string of the molecule is Nc1nc(C#CC2(O)CCC2)nc2c1nc(-c1cccc(F)c1)n2C1CC1. The summed E-state index contributed by atoms with van der Waals surface area (Å²) in [6.07, 6.45) is 4.33. The number of aliphatic hydroxyl groups is 1. The molecule has 136 valence electrons. The standard InChI is InChI=1S/C20H18FN5O/c21-13-4-1-3-12(11-13)18-25-16-17(22)23-15(7-10-20(27)8-2-9-20)24-19(16)26(18)14-5-6-14/h1,3-4,11,14,27H,2,5-6,8-9H2,(H2,22,23,24). The summed E-state index contributed by atoms with van der Waals surface area (Å²) in [5.74, 6) is 6.55. The van der Waals surface area contributed by atoms with Crippen LogP contribution in [0.1, 0.15) is 44.0 Å². The van der Waals surface area contributed by atoms with E-state index in [0.29, 0.717) is 35.4 Å². The van der Waals surface area contributed by atoms with Gasteiger partial charge in [-0.3, -0.25) is 0 Å².